The monoisotopic (exact) mass is 915 g/mol. The number of phosphoric ester groups is 1. The summed E-state index contributed by atoms with van der Waals surface area (Å²) in [5, 5.41) is 25.1. The van der Waals surface area contributed by atoms with Crippen LogP contribution in [0.2, 0.25) is 0 Å². The molecule has 0 fully saturated rings. The van der Waals surface area contributed by atoms with Gasteiger partial charge in [-0.2, -0.15) is 5.26 Å². The Morgan fingerprint density at radius 3 is 1.69 bits per heavy atom. The molecule has 0 radical (unpaired) electrons. The molecule has 2 aromatic carbocycles. The summed E-state index contributed by atoms with van der Waals surface area (Å²) >= 11 is 0. The summed E-state index contributed by atoms with van der Waals surface area (Å²) in [6, 6.07) is 12.8. The van der Waals surface area contributed by atoms with Crippen LogP contribution in [0.4, 0.5) is 0 Å². The second-order valence-electron chi connectivity index (χ2n) is 16.9. The largest absolute Gasteiger partial charge is 0.507 e. The molecule has 0 aliphatic carbocycles. The van der Waals surface area contributed by atoms with Gasteiger partial charge in [-0.25, -0.2) is 4.57 Å². The Bertz CT molecular complexity index is 1620. The van der Waals surface area contributed by atoms with Crippen LogP contribution in [-0.4, -0.2) is 62.4 Å². The van der Waals surface area contributed by atoms with Crippen LogP contribution in [-0.2, 0) is 42.0 Å². The van der Waals surface area contributed by atoms with Gasteiger partial charge < -0.3 is 19.4 Å². The highest BCUT2D eigenvalue weighted by Crippen LogP contribution is 2.49. The second-order valence-corrected chi connectivity index (χ2v) is 18.6. The Labute approximate surface area is 386 Å². The zero-order valence-electron chi connectivity index (χ0n) is 39.6. The summed E-state index contributed by atoms with van der Waals surface area (Å²) in [4.78, 5) is 31.0. The number of nitriles is 1. The molecule has 362 valence electrons. The number of benzene rings is 2. The van der Waals surface area contributed by atoms with Crippen molar-refractivity contribution in [3.63, 3.8) is 0 Å². The van der Waals surface area contributed by atoms with Gasteiger partial charge in [0, 0.05) is 18.4 Å². The predicted molar refractivity (Wildman–Crippen MR) is 256 cm³/mol. The highest BCUT2D eigenvalue weighted by molar-refractivity contribution is 7.48. The van der Waals surface area contributed by atoms with Crippen LogP contribution in [0.1, 0.15) is 206 Å². The van der Waals surface area contributed by atoms with Crippen LogP contribution in [0.25, 0.3) is 10.8 Å². The first kappa shape index (κ1) is 56.6. The lowest BCUT2D eigenvalue weighted by Gasteiger charge is -2.22. The van der Waals surface area contributed by atoms with Gasteiger partial charge >= 0.3 is 19.8 Å². The summed E-state index contributed by atoms with van der Waals surface area (Å²) in [5.41, 5.74) is 0.479. The molecule has 13 heteroatoms. The quantitative estimate of drug-likeness (QED) is 0.0221. The van der Waals surface area contributed by atoms with E-state index >= 15 is 0 Å². The molecular formula is C51H83N2O10P. The number of unbranched alkanes of at least 4 members (excludes halogenated alkanes) is 24. The van der Waals surface area contributed by atoms with Crippen molar-refractivity contribution in [1.29, 1.82) is 5.26 Å². The Morgan fingerprint density at radius 2 is 1.14 bits per heavy atom. The van der Waals surface area contributed by atoms with E-state index in [9.17, 15) is 19.3 Å². The van der Waals surface area contributed by atoms with Gasteiger partial charge in [-0.05, 0) is 29.7 Å². The van der Waals surface area contributed by atoms with Crippen molar-refractivity contribution >= 4 is 36.7 Å². The first-order valence-corrected chi connectivity index (χ1v) is 26.4. The highest BCUT2D eigenvalue weighted by atomic mass is 31.2. The number of hydrogen-bond acceptors (Lipinski definition) is 12. The summed E-state index contributed by atoms with van der Waals surface area (Å²) in [6.45, 7) is 3.13. The Hall–Kier alpha value is -3.49. The molecule has 12 nitrogen and oxygen atoms in total. The standard InChI is InChI=1S/C51H83N2O10P/c1-3-5-7-9-11-13-15-17-19-21-23-25-27-34-50(55)58-43-46(63-51(56)35-28-26-24-22-20-18-16-14-12-10-8-6-4-2)44-62-64(57,60-39-31-38-52)61-41-40-59-53-42-48-47-33-30-29-32-45(47)36-37-49(48)54/h29-30,32-33,36-37,42,46,54H,3-28,31,34-35,39-41,43-44H2,1-2H3/b53-42+/t46-,64?/m1/s1. The van der Waals surface area contributed by atoms with E-state index in [1.54, 1.807) is 12.1 Å². The Balaban J connectivity index is 1.84. The van der Waals surface area contributed by atoms with Gasteiger partial charge in [0.05, 0.1) is 38.5 Å². The Morgan fingerprint density at radius 1 is 0.641 bits per heavy atom. The number of aromatic hydroxyl groups is 1. The van der Waals surface area contributed by atoms with E-state index in [1.807, 2.05) is 30.3 Å². The lowest BCUT2D eigenvalue weighted by molar-refractivity contribution is -0.161. The van der Waals surface area contributed by atoms with Gasteiger partial charge in [0.15, 0.2) is 6.10 Å². The van der Waals surface area contributed by atoms with Gasteiger partial charge in [-0.1, -0.05) is 203 Å². The topological polar surface area (TPSA) is 163 Å². The fraction of sp³-hybridized carbons (Fsp3) is 0.725. The highest BCUT2D eigenvalue weighted by Gasteiger charge is 2.30. The van der Waals surface area contributed by atoms with Gasteiger partial charge in [0.1, 0.15) is 19.0 Å². The van der Waals surface area contributed by atoms with Crippen LogP contribution >= 0.6 is 7.82 Å². The molecule has 1 unspecified atom stereocenters. The first-order chi connectivity index (χ1) is 31.3. The molecule has 2 aromatic rings. The molecule has 64 heavy (non-hydrogen) atoms. The zero-order valence-corrected chi connectivity index (χ0v) is 40.5. The fourth-order valence-electron chi connectivity index (χ4n) is 7.43. The fourth-order valence-corrected chi connectivity index (χ4v) is 8.62. The number of rotatable bonds is 43. The van der Waals surface area contributed by atoms with Crippen LogP contribution in [0, 0.1) is 11.3 Å². The summed E-state index contributed by atoms with van der Waals surface area (Å²) < 4.78 is 41.4. The zero-order chi connectivity index (χ0) is 46.2. The summed E-state index contributed by atoms with van der Waals surface area (Å²) in [7, 11) is -4.29. The lowest BCUT2D eigenvalue weighted by atomic mass is 10.0. The number of oxime groups is 1. The minimum Gasteiger partial charge on any atom is -0.507 e. The van der Waals surface area contributed by atoms with Gasteiger partial charge in [-0.3, -0.25) is 23.2 Å². The van der Waals surface area contributed by atoms with Gasteiger partial charge in [0.25, 0.3) is 0 Å². The normalized spacial score (nSPS) is 12.9. The number of hydrogen-bond donors (Lipinski definition) is 1. The molecule has 2 rings (SSSR count). The molecule has 0 aliphatic heterocycles. The van der Waals surface area contributed by atoms with Crippen molar-refractivity contribution < 1.29 is 47.1 Å². The maximum atomic E-state index is 13.7. The summed E-state index contributed by atoms with van der Waals surface area (Å²) in [6.07, 6.45) is 31.8. The molecule has 0 bridgehead atoms. The van der Waals surface area contributed by atoms with Crippen molar-refractivity contribution in [2.45, 2.75) is 206 Å². The number of phenolic OH excluding ortho intramolecular Hbond substituents is 1. The van der Waals surface area contributed by atoms with E-state index in [0.29, 0.717) is 18.4 Å². The number of phenols is 1. The van der Waals surface area contributed by atoms with Crippen molar-refractivity contribution in [3.8, 4) is 11.8 Å². The molecule has 2 atom stereocenters. The number of esters is 2. The van der Waals surface area contributed by atoms with E-state index in [4.69, 9.17) is 33.1 Å². The third-order valence-electron chi connectivity index (χ3n) is 11.2. The van der Waals surface area contributed by atoms with Crippen LogP contribution in [0.3, 0.4) is 0 Å². The molecule has 0 aromatic heterocycles. The molecule has 0 aliphatic rings. The maximum Gasteiger partial charge on any atom is 0.475 e. The molecule has 0 heterocycles. The van der Waals surface area contributed by atoms with E-state index in [0.717, 1.165) is 49.3 Å². The molecule has 0 amide bonds. The number of phosphoric acid groups is 1. The number of fused-ring (bicyclic) bond motifs is 1. The smallest absolute Gasteiger partial charge is 0.475 e. The molecular weight excluding hydrogens is 832 g/mol. The maximum absolute atomic E-state index is 13.7. The Kier molecular flexibility index (Phi) is 34.3. The number of carbonyl (C=O) groups is 2. The van der Waals surface area contributed by atoms with E-state index < -0.39 is 32.5 Å². The van der Waals surface area contributed by atoms with Crippen molar-refractivity contribution in [2.75, 3.05) is 33.0 Å². The average molecular weight is 915 g/mol. The van der Waals surface area contributed by atoms with Crippen molar-refractivity contribution in [1.82, 2.24) is 0 Å². The van der Waals surface area contributed by atoms with E-state index in [-0.39, 0.29) is 51.4 Å². The second kappa shape index (κ2) is 38.7. The van der Waals surface area contributed by atoms with E-state index in [2.05, 4.69) is 19.0 Å². The molecule has 0 saturated heterocycles. The SMILES string of the molecule is CCCCCCCCCCCCCCCC(=O)OC[C@H](COP(=O)(OCCC#N)OCCO/N=C/c1c(O)ccc2ccccc12)OC(=O)CCCCCCCCCCCCCCC. The lowest BCUT2D eigenvalue weighted by Crippen LogP contribution is -2.29. The number of carbonyl (C=O) groups excluding carboxylic acids is 2. The number of ether oxygens (including phenoxy) is 2. The van der Waals surface area contributed by atoms with Crippen molar-refractivity contribution in [2.24, 2.45) is 5.16 Å². The molecule has 1 N–H and O–H groups in total. The van der Waals surface area contributed by atoms with Crippen molar-refractivity contribution in [3.05, 3.63) is 42.0 Å². The van der Waals surface area contributed by atoms with Crippen LogP contribution < -0.4 is 0 Å². The van der Waals surface area contributed by atoms with Gasteiger partial charge in [-0.15, -0.1) is 0 Å². The van der Waals surface area contributed by atoms with E-state index in [1.165, 1.54) is 122 Å². The minimum absolute atomic E-state index is 0.0379. The first-order valence-electron chi connectivity index (χ1n) is 24.9. The van der Waals surface area contributed by atoms with Gasteiger partial charge in [0.2, 0.25) is 0 Å². The van der Waals surface area contributed by atoms with Crippen LogP contribution in [0.5, 0.6) is 5.75 Å². The predicted octanol–water partition coefficient (Wildman–Crippen LogP) is 14.4. The third kappa shape index (κ3) is 29.1. The number of nitrogens with zero attached hydrogens (tertiary/aromatic N) is 2. The summed E-state index contributed by atoms with van der Waals surface area (Å²) in [5.74, 6) is -0.829. The van der Waals surface area contributed by atoms with Crippen LogP contribution in [0.15, 0.2) is 41.6 Å². The third-order valence-corrected chi connectivity index (χ3v) is 12.7. The molecule has 0 saturated carbocycles. The molecule has 0 spiro atoms. The minimum atomic E-state index is -4.29. The average Bonchev–Trinajstić information content (AvgIpc) is 3.29.